The van der Waals surface area contributed by atoms with Crippen LogP contribution in [0.3, 0.4) is 0 Å². The molecule has 0 radical (unpaired) electrons. The van der Waals surface area contributed by atoms with Crippen LogP contribution in [-0.2, 0) is 6.42 Å². The molecule has 17 heavy (non-hydrogen) atoms. The molecule has 1 heterocycles. The van der Waals surface area contributed by atoms with Gasteiger partial charge >= 0.3 is 0 Å². The van der Waals surface area contributed by atoms with E-state index in [4.69, 9.17) is 5.73 Å². The monoisotopic (exact) mass is 250 g/mol. The topological polar surface area (TPSA) is 56.0 Å². The van der Waals surface area contributed by atoms with Gasteiger partial charge in [0.15, 0.2) is 0 Å². The number of hydrogen-bond acceptors (Lipinski definition) is 3. The van der Waals surface area contributed by atoms with E-state index in [2.05, 4.69) is 4.98 Å². The van der Waals surface area contributed by atoms with Crippen LogP contribution in [0.1, 0.15) is 22.8 Å². The fourth-order valence-electron chi connectivity index (χ4n) is 1.83. The van der Waals surface area contributed by atoms with Crippen molar-refractivity contribution in [2.75, 3.05) is 0 Å². The van der Waals surface area contributed by atoms with Crippen LogP contribution in [0.2, 0.25) is 0 Å². The van der Waals surface area contributed by atoms with Gasteiger partial charge in [-0.15, -0.1) is 11.3 Å². The third kappa shape index (κ3) is 2.06. The zero-order valence-electron chi connectivity index (χ0n) is 9.24. The van der Waals surface area contributed by atoms with Crippen molar-refractivity contribution in [1.82, 2.24) is 4.98 Å². The summed E-state index contributed by atoms with van der Waals surface area (Å²) in [4.78, 5) is 16.2. The average Bonchev–Trinajstić information content (AvgIpc) is 2.81. The highest BCUT2D eigenvalue weighted by Crippen LogP contribution is 2.30. The van der Waals surface area contributed by atoms with Gasteiger partial charge in [-0.3, -0.25) is 9.78 Å². The van der Waals surface area contributed by atoms with E-state index in [1.807, 2.05) is 6.92 Å². The molecule has 0 aliphatic rings. The number of amides is 1. The van der Waals surface area contributed by atoms with Crippen molar-refractivity contribution in [3.05, 3.63) is 40.8 Å². The minimum atomic E-state index is -0.731. The molecule has 1 aromatic heterocycles. The van der Waals surface area contributed by atoms with Gasteiger partial charge in [-0.05, 0) is 23.6 Å². The number of aromatic nitrogens is 1. The van der Waals surface area contributed by atoms with Crippen molar-refractivity contribution in [2.24, 2.45) is 5.73 Å². The zero-order chi connectivity index (χ0) is 12.4. The molecule has 0 spiro atoms. The minimum Gasteiger partial charge on any atom is -0.365 e. The largest absolute Gasteiger partial charge is 0.365 e. The van der Waals surface area contributed by atoms with Crippen LogP contribution in [0.5, 0.6) is 0 Å². The summed E-state index contributed by atoms with van der Waals surface area (Å²) >= 11 is 1.45. The SMILES string of the molecule is CCc1c(-c2cncs2)ccc(F)c1C(N)=O. The molecule has 0 aliphatic carbocycles. The quantitative estimate of drug-likeness (QED) is 0.910. The molecular formula is C12H11FN2OS. The Kier molecular flexibility index (Phi) is 3.19. The molecule has 1 aromatic carbocycles. The lowest BCUT2D eigenvalue weighted by molar-refractivity contribution is 0.0995. The van der Waals surface area contributed by atoms with Crippen molar-refractivity contribution in [1.29, 1.82) is 0 Å². The van der Waals surface area contributed by atoms with Crippen LogP contribution in [0.15, 0.2) is 23.8 Å². The second-order valence-electron chi connectivity index (χ2n) is 3.53. The molecule has 0 unspecified atom stereocenters. The molecule has 88 valence electrons. The normalized spacial score (nSPS) is 10.5. The molecule has 2 N–H and O–H groups in total. The zero-order valence-corrected chi connectivity index (χ0v) is 10.1. The standard InChI is InChI=1S/C12H11FN2OS/c1-2-7-8(10-5-15-6-17-10)3-4-9(13)11(7)12(14)16/h3-6H,2H2,1H3,(H2,14,16). The van der Waals surface area contributed by atoms with E-state index in [0.717, 1.165) is 10.4 Å². The van der Waals surface area contributed by atoms with Crippen LogP contribution in [0, 0.1) is 5.82 Å². The molecule has 5 heteroatoms. The third-order valence-corrected chi connectivity index (χ3v) is 3.37. The second-order valence-corrected chi connectivity index (χ2v) is 4.42. The van der Waals surface area contributed by atoms with Crippen LogP contribution < -0.4 is 5.73 Å². The van der Waals surface area contributed by atoms with Gasteiger partial charge in [-0.25, -0.2) is 4.39 Å². The van der Waals surface area contributed by atoms with Crippen LogP contribution in [0.25, 0.3) is 10.4 Å². The minimum absolute atomic E-state index is 0.0154. The highest BCUT2D eigenvalue weighted by atomic mass is 32.1. The number of primary amides is 1. The summed E-state index contributed by atoms with van der Waals surface area (Å²) in [6, 6.07) is 2.93. The van der Waals surface area contributed by atoms with E-state index >= 15 is 0 Å². The maximum Gasteiger partial charge on any atom is 0.251 e. The fraction of sp³-hybridized carbons (Fsp3) is 0.167. The van der Waals surface area contributed by atoms with E-state index in [1.165, 1.54) is 17.4 Å². The Hall–Kier alpha value is -1.75. The van der Waals surface area contributed by atoms with E-state index < -0.39 is 11.7 Å². The summed E-state index contributed by atoms with van der Waals surface area (Å²) in [7, 11) is 0. The number of benzene rings is 1. The number of thiazole rings is 1. The lowest BCUT2D eigenvalue weighted by Gasteiger charge is -2.10. The molecule has 0 fully saturated rings. The Morgan fingerprint density at radius 2 is 2.29 bits per heavy atom. The predicted octanol–water partition coefficient (Wildman–Crippen LogP) is 2.61. The van der Waals surface area contributed by atoms with E-state index in [9.17, 15) is 9.18 Å². The molecule has 0 saturated carbocycles. The van der Waals surface area contributed by atoms with Gasteiger partial charge in [-0.2, -0.15) is 0 Å². The molecule has 0 saturated heterocycles. The fourth-order valence-corrected chi connectivity index (χ4v) is 2.51. The molecule has 0 aliphatic heterocycles. The molecule has 1 amide bonds. The number of carbonyl (C=O) groups is 1. The molecule has 2 aromatic rings. The van der Waals surface area contributed by atoms with Gasteiger partial charge in [0, 0.05) is 6.20 Å². The van der Waals surface area contributed by atoms with Crippen LogP contribution >= 0.6 is 11.3 Å². The Bertz CT molecular complexity index is 552. The number of nitrogens with zero attached hydrogens (tertiary/aromatic N) is 1. The van der Waals surface area contributed by atoms with E-state index in [1.54, 1.807) is 17.8 Å². The Morgan fingerprint density at radius 3 is 2.82 bits per heavy atom. The number of halogens is 1. The predicted molar refractivity (Wildman–Crippen MR) is 65.4 cm³/mol. The van der Waals surface area contributed by atoms with Crippen molar-refractivity contribution in [3.63, 3.8) is 0 Å². The maximum atomic E-state index is 13.6. The highest BCUT2D eigenvalue weighted by molar-refractivity contribution is 7.13. The van der Waals surface area contributed by atoms with Crippen molar-refractivity contribution in [3.8, 4) is 10.4 Å². The first kappa shape index (κ1) is 11.7. The summed E-state index contributed by atoms with van der Waals surface area (Å²) in [5, 5.41) is 0. The first-order valence-electron chi connectivity index (χ1n) is 5.15. The van der Waals surface area contributed by atoms with Gasteiger partial charge in [0.1, 0.15) is 5.82 Å². The maximum absolute atomic E-state index is 13.6. The van der Waals surface area contributed by atoms with Crippen molar-refractivity contribution in [2.45, 2.75) is 13.3 Å². The molecule has 0 atom stereocenters. The first-order valence-corrected chi connectivity index (χ1v) is 6.03. The van der Waals surface area contributed by atoms with Gasteiger partial charge in [0.25, 0.3) is 5.91 Å². The van der Waals surface area contributed by atoms with Gasteiger partial charge in [-0.1, -0.05) is 13.0 Å². The summed E-state index contributed by atoms with van der Waals surface area (Å²) in [5.41, 5.74) is 8.37. The summed E-state index contributed by atoms with van der Waals surface area (Å²) in [5.74, 6) is -1.30. The summed E-state index contributed by atoms with van der Waals surface area (Å²) in [6.07, 6.45) is 2.24. The van der Waals surface area contributed by atoms with Crippen molar-refractivity contribution >= 4 is 17.2 Å². The molecule has 3 nitrogen and oxygen atoms in total. The molecular weight excluding hydrogens is 239 g/mol. The lowest BCUT2D eigenvalue weighted by atomic mass is 9.97. The Morgan fingerprint density at radius 1 is 1.53 bits per heavy atom. The Labute approximate surface area is 102 Å². The van der Waals surface area contributed by atoms with Crippen molar-refractivity contribution < 1.29 is 9.18 Å². The van der Waals surface area contributed by atoms with Gasteiger partial charge in [0.05, 0.1) is 16.0 Å². The number of rotatable bonds is 3. The summed E-state index contributed by atoms with van der Waals surface area (Å²) in [6.45, 7) is 1.87. The van der Waals surface area contributed by atoms with E-state index in [-0.39, 0.29) is 5.56 Å². The van der Waals surface area contributed by atoms with E-state index in [0.29, 0.717) is 12.0 Å². The van der Waals surface area contributed by atoms with Crippen LogP contribution in [-0.4, -0.2) is 10.9 Å². The number of nitrogens with two attached hydrogens (primary N) is 1. The summed E-state index contributed by atoms with van der Waals surface area (Å²) < 4.78 is 13.6. The van der Waals surface area contributed by atoms with Gasteiger partial charge in [0.2, 0.25) is 0 Å². The average molecular weight is 250 g/mol. The molecule has 2 rings (SSSR count). The van der Waals surface area contributed by atoms with Gasteiger partial charge < -0.3 is 5.73 Å². The number of carbonyl (C=O) groups excluding carboxylic acids is 1. The lowest BCUT2D eigenvalue weighted by Crippen LogP contribution is -2.16. The number of hydrogen-bond donors (Lipinski definition) is 1. The molecule has 0 bridgehead atoms. The second kappa shape index (κ2) is 4.63. The smallest absolute Gasteiger partial charge is 0.251 e. The first-order chi connectivity index (χ1) is 8.15. The highest BCUT2D eigenvalue weighted by Gasteiger charge is 2.17. The third-order valence-electron chi connectivity index (χ3n) is 2.56. The van der Waals surface area contributed by atoms with Crippen LogP contribution in [0.4, 0.5) is 4.39 Å². The Balaban J connectivity index is 2.70.